The molecule has 0 aliphatic carbocycles. The van der Waals surface area contributed by atoms with E-state index in [4.69, 9.17) is 5.73 Å². The number of benzene rings is 1. The maximum Gasteiger partial charge on any atom is 0.272 e. The Balaban J connectivity index is 1.58. The number of carbonyl (C=O) groups excluding carboxylic acids is 1. The van der Waals surface area contributed by atoms with Gasteiger partial charge < -0.3 is 15.2 Å². The van der Waals surface area contributed by atoms with Gasteiger partial charge in [0, 0.05) is 38.3 Å². The Bertz CT molecular complexity index is 884. The van der Waals surface area contributed by atoms with Crippen LogP contribution in [-0.2, 0) is 7.05 Å². The van der Waals surface area contributed by atoms with Crippen molar-refractivity contribution in [1.29, 1.82) is 0 Å². The van der Waals surface area contributed by atoms with Crippen molar-refractivity contribution < 1.29 is 4.79 Å². The molecule has 7 nitrogen and oxygen atoms in total. The third-order valence-electron chi connectivity index (χ3n) is 4.62. The largest absolute Gasteiger partial charge is 0.340 e. The molecular formula is C18H20N6O. The predicted octanol–water partition coefficient (Wildman–Crippen LogP) is 1.17. The number of carbonyl (C=O) groups is 1. The number of nitrogens with two attached hydrogens (primary N) is 1. The summed E-state index contributed by atoms with van der Waals surface area (Å²) >= 11 is 0. The lowest BCUT2D eigenvalue weighted by molar-refractivity contribution is 0.0780. The Morgan fingerprint density at radius 3 is 2.72 bits per heavy atom. The number of amides is 1. The summed E-state index contributed by atoms with van der Waals surface area (Å²) in [5.74, 6) is -0.00604. The first-order chi connectivity index (χ1) is 12.1. The van der Waals surface area contributed by atoms with E-state index in [-0.39, 0.29) is 17.9 Å². The van der Waals surface area contributed by atoms with Gasteiger partial charge in [-0.05, 0) is 18.2 Å². The second-order valence-corrected chi connectivity index (χ2v) is 6.41. The van der Waals surface area contributed by atoms with E-state index in [2.05, 4.69) is 10.1 Å². The zero-order chi connectivity index (χ0) is 17.4. The lowest BCUT2D eigenvalue weighted by Crippen LogP contribution is -2.33. The van der Waals surface area contributed by atoms with E-state index in [0.29, 0.717) is 18.8 Å². The van der Waals surface area contributed by atoms with Crippen LogP contribution in [0.1, 0.15) is 22.1 Å². The Morgan fingerprint density at radius 1 is 1.20 bits per heavy atom. The number of hydrogen-bond acceptors (Lipinski definition) is 4. The number of para-hydroxylation sites is 1. The highest BCUT2D eigenvalue weighted by Gasteiger charge is 2.36. The summed E-state index contributed by atoms with van der Waals surface area (Å²) in [6.45, 7) is 1.08. The monoisotopic (exact) mass is 336 g/mol. The van der Waals surface area contributed by atoms with Crippen LogP contribution in [0.3, 0.4) is 0 Å². The highest BCUT2D eigenvalue weighted by Crippen LogP contribution is 2.26. The molecule has 1 aliphatic rings. The smallest absolute Gasteiger partial charge is 0.272 e. The number of rotatable bonds is 3. The van der Waals surface area contributed by atoms with Gasteiger partial charge in [0.15, 0.2) is 0 Å². The summed E-state index contributed by atoms with van der Waals surface area (Å²) in [4.78, 5) is 19.2. The van der Waals surface area contributed by atoms with Gasteiger partial charge in [-0.1, -0.05) is 18.2 Å². The van der Waals surface area contributed by atoms with E-state index in [1.807, 2.05) is 48.1 Å². The fraction of sp³-hybridized carbons (Fsp3) is 0.278. The SMILES string of the molecule is Cn1cnc([C@@H]2CN(C(=O)c3ccnn3-c3ccccc3)C[C@H]2N)c1. The lowest BCUT2D eigenvalue weighted by Gasteiger charge is -2.16. The second-order valence-electron chi connectivity index (χ2n) is 6.41. The van der Waals surface area contributed by atoms with Crippen molar-refractivity contribution in [3.63, 3.8) is 0 Å². The van der Waals surface area contributed by atoms with Crippen LogP contribution in [-0.4, -0.2) is 49.3 Å². The number of aryl methyl sites for hydroxylation is 1. The number of imidazole rings is 1. The molecule has 1 saturated heterocycles. The van der Waals surface area contributed by atoms with Crippen LogP contribution in [0.2, 0.25) is 0 Å². The van der Waals surface area contributed by atoms with Crippen molar-refractivity contribution in [2.24, 2.45) is 12.8 Å². The number of likely N-dealkylation sites (tertiary alicyclic amines) is 1. The number of nitrogens with zero attached hydrogens (tertiary/aromatic N) is 5. The Kier molecular flexibility index (Phi) is 3.85. The molecule has 2 N–H and O–H groups in total. The summed E-state index contributed by atoms with van der Waals surface area (Å²) in [5.41, 5.74) is 8.62. The van der Waals surface area contributed by atoms with Crippen molar-refractivity contribution in [3.8, 4) is 5.69 Å². The fourth-order valence-electron chi connectivity index (χ4n) is 3.33. The van der Waals surface area contributed by atoms with Gasteiger partial charge in [0.2, 0.25) is 0 Å². The fourth-order valence-corrected chi connectivity index (χ4v) is 3.33. The molecule has 0 radical (unpaired) electrons. The zero-order valence-corrected chi connectivity index (χ0v) is 14.0. The molecule has 1 amide bonds. The summed E-state index contributed by atoms with van der Waals surface area (Å²) < 4.78 is 3.57. The normalized spacial score (nSPS) is 20.2. The number of aromatic nitrogens is 4. The third-order valence-corrected chi connectivity index (χ3v) is 4.62. The minimum absolute atomic E-state index is 0.0539. The topological polar surface area (TPSA) is 82.0 Å². The summed E-state index contributed by atoms with van der Waals surface area (Å²) in [6.07, 6.45) is 5.37. The minimum Gasteiger partial charge on any atom is -0.340 e. The van der Waals surface area contributed by atoms with Gasteiger partial charge in [-0.3, -0.25) is 4.79 Å². The Labute approximate surface area is 145 Å². The quantitative estimate of drug-likeness (QED) is 0.778. The first kappa shape index (κ1) is 15.6. The highest BCUT2D eigenvalue weighted by molar-refractivity contribution is 5.93. The van der Waals surface area contributed by atoms with Crippen LogP contribution in [0.25, 0.3) is 5.69 Å². The van der Waals surface area contributed by atoms with Crippen molar-refractivity contribution in [2.75, 3.05) is 13.1 Å². The van der Waals surface area contributed by atoms with Crippen molar-refractivity contribution in [3.05, 3.63) is 66.5 Å². The van der Waals surface area contributed by atoms with E-state index in [1.54, 1.807) is 28.2 Å². The summed E-state index contributed by atoms with van der Waals surface area (Å²) in [5, 5.41) is 4.30. The second kappa shape index (κ2) is 6.18. The molecule has 3 aromatic rings. The van der Waals surface area contributed by atoms with Crippen LogP contribution >= 0.6 is 0 Å². The van der Waals surface area contributed by atoms with Gasteiger partial charge in [-0.25, -0.2) is 9.67 Å². The van der Waals surface area contributed by atoms with Crippen molar-refractivity contribution in [2.45, 2.75) is 12.0 Å². The van der Waals surface area contributed by atoms with Crippen LogP contribution in [0, 0.1) is 0 Å². The van der Waals surface area contributed by atoms with Gasteiger partial charge in [-0.15, -0.1) is 0 Å². The molecule has 0 saturated carbocycles. The maximum atomic E-state index is 13.0. The molecule has 7 heteroatoms. The minimum atomic E-state index is -0.119. The molecule has 0 bridgehead atoms. The Hall–Kier alpha value is -2.93. The molecule has 128 valence electrons. The highest BCUT2D eigenvalue weighted by atomic mass is 16.2. The molecule has 3 heterocycles. The van der Waals surface area contributed by atoms with Crippen LogP contribution < -0.4 is 5.73 Å². The molecule has 1 fully saturated rings. The molecule has 1 aliphatic heterocycles. The van der Waals surface area contributed by atoms with Gasteiger partial charge in [0.1, 0.15) is 5.69 Å². The molecule has 0 spiro atoms. The lowest BCUT2D eigenvalue weighted by atomic mass is 10.0. The molecule has 4 rings (SSSR count). The van der Waals surface area contributed by atoms with E-state index >= 15 is 0 Å². The average Bonchev–Trinajstić information content (AvgIpc) is 3.34. The van der Waals surface area contributed by atoms with Gasteiger partial charge in [-0.2, -0.15) is 5.10 Å². The molecule has 0 unspecified atom stereocenters. The van der Waals surface area contributed by atoms with Crippen LogP contribution in [0.5, 0.6) is 0 Å². The van der Waals surface area contributed by atoms with Gasteiger partial charge in [0.05, 0.1) is 23.9 Å². The predicted molar refractivity (Wildman–Crippen MR) is 93.4 cm³/mol. The van der Waals surface area contributed by atoms with E-state index < -0.39 is 0 Å². The molecule has 2 atom stereocenters. The van der Waals surface area contributed by atoms with Crippen molar-refractivity contribution >= 4 is 5.91 Å². The standard InChI is InChI=1S/C18H20N6O/c1-22-11-16(20-12-22)14-9-23(10-15(14)19)18(25)17-7-8-21-24(17)13-5-3-2-4-6-13/h2-8,11-12,14-15H,9-10,19H2,1H3/t14-,15-/m1/s1. The van der Waals surface area contributed by atoms with Crippen LogP contribution in [0.15, 0.2) is 55.1 Å². The first-order valence-corrected chi connectivity index (χ1v) is 8.25. The van der Waals surface area contributed by atoms with E-state index in [9.17, 15) is 4.79 Å². The third kappa shape index (κ3) is 2.83. The average molecular weight is 336 g/mol. The van der Waals surface area contributed by atoms with Crippen LogP contribution in [0.4, 0.5) is 0 Å². The number of hydrogen-bond donors (Lipinski definition) is 1. The van der Waals surface area contributed by atoms with Gasteiger partial charge >= 0.3 is 0 Å². The van der Waals surface area contributed by atoms with Crippen molar-refractivity contribution in [1.82, 2.24) is 24.2 Å². The maximum absolute atomic E-state index is 13.0. The van der Waals surface area contributed by atoms with E-state index in [0.717, 1.165) is 11.4 Å². The first-order valence-electron chi connectivity index (χ1n) is 8.25. The molecule has 25 heavy (non-hydrogen) atoms. The van der Waals surface area contributed by atoms with E-state index in [1.165, 1.54) is 0 Å². The summed E-state index contributed by atoms with van der Waals surface area (Å²) in [6, 6.07) is 11.3. The van der Waals surface area contributed by atoms with Gasteiger partial charge in [0.25, 0.3) is 5.91 Å². The summed E-state index contributed by atoms with van der Waals surface area (Å²) in [7, 11) is 1.93. The molecule has 1 aromatic carbocycles. The molecule has 2 aromatic heterocycles. The molecular weight excluding hydrogens is 316 g/mol. The zero-order valence-electron chi connectivity index (χ0n) is 14.0. The Morgan fingerprint density at radius 2 is 2.00 bits per heavy atom.